The fourth-order valence-electron chi connectivity index (χ4n) is 2.94. The number of nitrogens with two attached hydrogens (primary N) is 1. The Bertz CT molecular complexity index is 367. The number of hydrogen-bond acceptors (Lipinski definition) is 3. The minimum Gasteiger partial charge on any atom is -0.481 e. The molecule has 0 aromatic rings. The third kappa shape index (κ3) is 2.72. The highest BCUT2D eigenvalue weighted by Crippen LogP contribution is 2.31. The fraction of sp³-hybridized carbons (Fsp3) is 0.692. The van der Waals surface area contributed by atoms with E-state index in [0.29, 0.717) is 13.0 Å². The van der Waals surface area contributed by atoms with Crippen molar-refractivity contribution in [3.05, 3.63) is 12.2 Å². The Morgan fingerprint density at radius 1 is 1.33 bits per heavy atom. The summed E-state index contributed by atoms with van der Waals surface area (Å²) in [5.41, 5.74) is 5.66. The number of carboxylic acid groups (broad SMARTS) is 1. The quantitative estimate of drug-likeness (QED) is 0.635. The van der Waals surface area contributed by atoms with Crippen LogP contribution in [0.3, 0.4) is 0 Å². The Labute approximate surface area is 106 Å². The van der Waals surface area contributed by atoms with Gasteiger partial charge in [0.1, 0.15) is 0 Å². The first-order valence-corrected chi connectivity index (χ1v) is 6.53. The lowest BCUT2D eigenvalue weighted by molar-refractivity contribution is -0.140. The van der Waals surface area contributed by atoms with E-state index in [0.717, 1.165) is 19.3 Å². The summed E-state index contributed by atoms with van der Waals surface area (Å²) in [6, 6.07) is -0.141. The van der Waals surface area contributed by atoms with Gasteiger partial charge in [-0.25, -0.2) is 0 Å². The molecule has 100 valence electrons. The standard InChI is InChI=1S/C13H20N2O3/c14-7-9-2-1-3-11(9)12(16)15-10-5-4-8(6-10)13(17)18/h4-5,8-11H,1-3,6-7,14H2,(H,15,16)(H,17,18). The molecule has 5 heteroatoms. The molecule has 2 aliphatic rings. The molecule has 4 unspecified atom stereocenters. The van der Waals surface area contributed by atoms with Crippen LogP contribution in [0.4, 0.5) is 0 Å². The predicted octanol–water partition coefficient (Wildman–Crippen LogP) is 0.507. The van der Waals surface area contributed by atoms with Crippen molar-refractivity contribution in [2.45, 2.75) is 31.7 Å². The highest BCUT2D eigenvalue weighted by Gasteiger charge is 2.34. The lowest BCUT2D eigenvalue weighted by Gasteiger charge is -2.20. The first-order chi connectivity index (χ1) is 8.61. The summed E-state index contributed by atoms with van der Waals surface area (Å²) in [6.07, 6.45) is 6.87. The van der Waals surface area contributed by atoms with E-state index in [2.05, 4.69) is 5.32 Å². The molecule has 0 aromatic heterocycles. The van der Waals surface area contributed by atoms with Crippen molar-refractivity contribution in [2.75, 3.05) is 6.54 Å². The van der Waals surface area contributed by atoms with Gasteiger partial charge in [-0.3, -0.25) is 9.59 Å². The SMILES string of the molecule is NCC1CCCC1C(=O)NC1C=CC(C(=O)O)C1. The van der Waals surface area contributed by atoms with Gasteiger partial charge in [0.05, 0.1) is 5.92 Å². The Hall–Kier alpha value is -1.36. The smallest absolute Gasteiger partial charge is 0.310 e. The molecule has 0 radical (unpaired) electrons. The van der Waals surface area contributed by atoms with Crippen molar-refractivity contribution in [1.29, 1.82) is 0 Å². The summed E-state index contributed by atoms with van der Waals surface area (Å²) in [6.45, 7) is 0.552. The van der Waals surface area contributed by atoms with E-state index >= 15 is 0 Å². The van der Waals surface area contributed by atoms with E-state index in [1.54, 1.807) is 12.2 Å². The zero-order chi connectivity index (χ0) is 13.1. The molecule has 4 atom stereocenters. The van der Waals surface area contributed by atoms with Gasteiger partial charge in [-0.2, -0.15) is 0 Å². The molecular weight excluding hydrogens is 232 g/mol. The number of hydrogen-bond donors (Lipinski definition) is 3. The molecule has 1 amide bonds. The van der Waals surface area contributed by atoms with Gasteiger partial charge in [-0.05, 0) is 31.7 Å². The molecule has 0 aliphatic heterocycles. The number of amides is 1. The highest BCUT2D eigenvalue weighted by molar-refractivity contribution is 5.80. The second-order valence-electron chi connectivity index (χ2n) is 5.21. The largest absolute Gasteiger partial charge is 0.481 e. The molecule has 2 rings (SSSR count). The van der Waals surface area contributed by atoms with Crippen LogP contribution in [0.1, 0.15) is 25.7 Å². The van der Waals surface area contributed by atoms with Crippen molar-refractivity contribution in [2.24, 2.45) is 23.5 Å². The molecule has 1 saturated carbocycles. The Morgan fingerprint density at radius 3 is 2.72 bits per heavy atom. The maximum atomic E-state index is 12.1. The van der Waals surface area contributed by atoms with E-state index in [-0.39, 0.29) is 23.8 Å². The second kappa shape index (κ2) is 5.52. The van der Waals surface area contributed by atoms with Crippen molar-refractivity contribution in [3.8, 4) is 0 Å². The number of rotatable bonds is 4. The average molecular weight is 252 g/mol. The van der Waals surface area contributed by atoms with Gasteiger partial charge >= 0.3 is 5.97 Å². The van der Waals surface area contributed by atoms with Crippen LogP contribution in [0.2, 0.25) is 0 Å². The zero-order valence-electron chi connectivity index (χ0n) is 10.3. The topological polar surface area (TPSA) is 92.4 Å². The Balaban J connectivity index is 1.85. The number of carboxylic acids is 1. The van der Waals surface area contributed by atoms with Gasteiger partial charge in [0.2, 0.25) is 5.91 Å². The van der Waals surface area contributed by atoms with Crippen molar-refractivity contribution in [3.63, 3.8) is 0 Å². The predicted molar refractivity (Wildman–Crippen MR) is 66.7 cm³/mol. The van der Waals surface area contributed by atoms with Gasteiger partial charge in [-0.1, -0.05) is 18.6 Å². The van der Waals surface area contributed by atoms with Crippen LogP contribution in [0.5, 0.6) is 0 Å². The maximum absolute atomic E-state index is 12.1. The van der Waals surface area contributed by atoms with Crippen LogP contribution >= 0.6 is 0 Å². The summed E-state index contributed by atoms with van der Waals surface area (Å²) in [5.74, 6) is -0.977. The van der Waals surface area contributed by atoms with E-state index < -0.39 is 11.9 Å². The summed E-state index contributed by atoms with van der Waals surface area (Å²) < 4.78 is 0. The average Bonchev–Trinajstić information content (AvgIpc) is 2.96. The summed E-state index contributed by atoms with van der Waals surface area (Å²) in [5, 5.41) is 11.8. The number of carbonyl (C=O) groups is 2. The van der Waals surface area contributed by atoms with Crippen molar-refractivity contribution < 1.29 is 14.7 Å². The lowest BCUT2D eigenvalue weighted by atomic mass is 9.95. The third-order valence-corrected chi connectivity index (χ3v) is 4.03. The number of carbonyl (C=O) groups excluding carboxylic acids is 1. The first-order valence-electron chi connectivity index (χ1n) is 6.53. The highest BCUT2D eigenvalue weighted by atomic mass is 16.4. The van der Waals surface area contributed by atoms with Crippen LogP contribution in [0, 0.1) is 17.8 Å². The summed E-state index contributed by atoms with van der Waals surface area (Å²) in [7, 11) is 0. The summed E-state index contributed by atoms with van der Waals surface area (Å²) in [4.78, 5) is 22.9. The molecule has 1 fully saturated rings. The van der Waals surface area contributed by atoms with Gasteiger partial charge in [0, 0.05) is 12.0 Å². The van der Waals surface area contributed by atoms with E-state index in [9.17, 15) is 9.59 Å². The Kier molecular flexibility index (Phi) is 4.01. The molecule has 4 N–H and O–H groups in total. The minimum absolute atomic E-state index is 0.00674. The molecule has 0 aromatic carbocycles. The van der Waals surface area contributed by atoms with E-state index in [4.69, 9.17) is 10.8 Å². The van der Waals surface area contributed by atoms with Crippen LogP contribution in [-0.2, 0) is 9.59 Å². The normalized spacial score (nSPS) is 34.7. The van der Waals surface area contributed by atoms with E-state index in [1.807, 2.05) is 0 Å². The molecule has 0 heterocycles. The minimum atomic E-state index is -0.830. The monoisotopic (exact) mass is 252 g/mol. The third-order valence-electron chi connectivity index (χ3n) is 4.03. The summed E-state index contributed by atoms with van der Waals surface area (Å²) >= 11 is 0. The van der Waals surface area contributed by atoms with Gasteiger partial charge in [-0.15, -0.1) is 0 Å². The molecule has 0 saturated heterocycles. The number of nitrogens with one attached hydrogen (secondary N) is 1. The number of aliphatic carboxylic acids is 1. The first kappa shape index (κ1) is 13.1. The van der Waals surface area contributed by atoms with Crippen molar-refractivity contribution >= 4 is 11.9 Å². The molecule has 2 aliphatic carbocycles. The van der Waals surface area contributed by atoms with Gasteiger partial charge in [0.15, 0.2) is 0 Å². The Morgan fingerprint density at radius 2 is 2.11 bits per heavy atom. The van der Waals surface area contributed by atoms with E-state index in [1.165, 1.54) is 0 Å². The van der Waals surface area contributed by atoms with Crippen LogP contribution in [0.25, 0.3) is 0 Å². The molecular formula is C13H20N2O3. The molecule has 5 nitrogen and oxygen atoms in total. The second-order valence-corrected chi connectivity index (χ2v) is 5.21. The maximum Gasteiger partial charge on any atom is 0.310 e. The van der Waals surface area contributed by atoms with Crippen LogP contribution in [-0.4, -0.2) is 29.6 Å². The van der Waals surface area contributed by atoms with Crippen LogP contribution < -0.4 is 11.1 Å². The van der Waals surface area contributed by atoms with Gasteiger partial charge < -0.3 is 16.2 Å². The molecule has 18 heavy (non-hydrogen) atoms. The molecule has 0 bridgehead atoms. The van der Waals surface area contributed by atoms with Crippen molar-refractivity contribution in [1.82, 2.24) is 5.32 Å². The van der Waals surface area contributed by atoms with Gasteiger partial charge in [0.25, 0.3) is 0 Å². The zero-order valence-corrected chi connectivity index (χ0v) is 10.3. The lowest BCUT2D eigenvalue weighted by Crippen LogP contribution is -2.40. The van der Waals surface area contributed by atoms with Crippen LogP contribution in [0.15, 0.2) is 12.2 Å². The molecule has 0 spiro atoms. The fourth-order valence-corrected chi connectivity index (χ4v) is 2.94.